The summed E-state index contributed by atoms with van der Waals surface area (Å²) in [6.07, 6.45) is -8.91. The highest BCUT2D eigenvalue weighted by atomic mass is 19.4. The van der Waals surface area contributed by atoms with E-state index in [0.717, 1.165) is 0 Å². The van der Waals surface area contributed by atoms with Gasteiger partial charge in [0.15, 0.2) is 0 Å². The van der Waals surface area contributed by atoms with Gasteiger partial charge in [0.25, 0.3) is 6.43 Å². The minimum atomic E-state index is -5.36. The standard InChI is InChI=1S/C10H7F6NO3/c1-2-19-9(18)4-3-5(11)17-8(6(4)7(12)13)20-10(14,15)16/h3,7H,2H2,1H3. The molecule has 0 aromatic carbocycles. The topological polar surface area (TPSA) is 48.4 Å². The monoisotopic (exact) mass is 303 g/mol. The summed E-state index contributed by atoms with van der Waals surface area (Å²) in [4.78, 5) is 13.9. The third-order valence-electron chi connectivity index (χ3n) is 1.92. The maximum absolute atomic E-state index is 13.0. The molecule has 1 rings (SSSR count). The van der Waals surface area contributed by atoms with Gasteiger partial charge < -0.3 is 9.47 Å². The molecule has 1 aromatic rings. The first-order valence-electron chi connectivity index (χ1n) is 5.07. The molecule has 0 saturated heterocycles. The fourth-order valence-electron chi connectivity index (χ4n) is 1.28. The highest BCUT2D eigenvalue weighted by Gasteiger charge is 2.36. The predicted molar refractivity (Wildman–Crippen MR) is 51.8 cm³/mol. The molecular formula is C10H7F6NO3. The highest BCUT2D eigenvalue weighted by molar-refractivity contribution is 5.91. The summed E-state index contributed by atoms with van der Waals surface area (Å²) in [5.74, 6) is -4.72. The van der Waals surface area contributed by atoms with Crippen LogP contribution in [-0.4, -0.2) is 23.9 Å². The Hall–Kier alpha value is -2.00. The Morgan fingerprint density at radius 2 is 2.00 bits per heavy atom. The minimum absolute atomic E-state index is 0.235. The normalized spacial score (nSPS) is 11.6. The molecule has 0 radical (unpaired) electrons. The van der Waals surface area contributed by atoms with Gasteiger partial charge in [-0.2, -0.15) is 9.37 Å². The van der Waals surface area contributed by atoms with E-state index in [-0.39, 0.29) is 12.7 Å². The van der Waals surface area contributed by atoms with Crippen LogP contribution in [0.3, 0.4) is 0 Å². The van der Waals surface area contributed by atoms with Gasteiger partial charge in [0.1, 0.15) is 0 Å². The number of hydrogen-bond donors (Lipinski definition) is 0. The summed E-state index contributed by atoms with van der Waals surface area (Å²) < 4.78 is 82.3. The van der Waals surface area contributed by atoms with Crippen LogP contribution in [0.2, 0.25) is 0 Å². The fraction of sp³-hybridized carbons (Fsp3) is 0.400. The van der Waals surface area contributed by atoms with Crippen molar-refractivity contribution >= 4 is 5.97 Å². The lowest BCUT2D eigenvalue weighted by Crippen LogP contribution is -2.21. The average Bonchev–Trinajstić information content (AvgIpc) is 2.25. The van der Waals surface area contributed by atoms with Crippen molar-refractivity contribution in [1.82, 2.24) is 4.98 Å². The van der Waals surface area contributed by atoms with Crippen LogP contribution in [0, 0.1) is 5.95 Å². The fourth-order valence-corrected chi connectivity index (χ4v) is 1.28. The van der Waals surface area contributed by atoms with Gasteiger partial charge in [0.2, 0.25) is 11.8 Å². The predicted octanol–water partition coefficient (Wildman–Crippen LogP) is 3.23. The molecule has 0 aliphatic carbocycles. The Balaban J connectivity index is 3.40. The SMILES string of the molecule is CCOC(=O)c1cc(F)nc(OC(F)(F)F)c1C(F)F. The van der Waals surface area contributed by atoms with Crippen LogP contribution in [-0.2, 0) is 4.74 Å². The van der Waals surface area contributed by atoms with Gasteiger partial charge in [-0.15, -0.1) is 13.2 Å². The van der Waals surface area contributed by atoms with E-state index in [1.807, 2.05) is 0 Å². The zero-order valence-electron chi connectivity index (χ0n) is 9.80. The maximum atomic E-state index is 13.0. The molecule has 0 aliphatic rings. The number of pyridine rings is 1. The maximum Gasteiger partial charge on any atom is 0.574 e. The number of aromatic nitrogens is 1. The van der Waals surface area contributed by atoms with Gasteiger partial charge in [-0.1, -0.05) is 0 Å². The number of halogens is 6. The molecule has 10 heteroatoms. The van der Waals surface area contributed by atoms with E-state index in [2.05, 4.69) is 14.5 Å². The molecule has 1 heterocycles. The van der Waals surface area contributed by atoms with Gasteiger partial charge >= 0.3 is 12.3 Å². The van der Waals surface area contributed by atoms with Gasteiger partial charge in [-0.25, -0.2) is 13.6 Å². The summed E-state index contributed by atoms with van der Waals surface area (Å²) in [5.41, 5.74) is -2.56. The second-order valence-electron chi connectivity index (χ2n) is 3.28. The molecule has 0 amide bonds. The number of carbonyl (C=O) groups excluding carboxylic acids is 1. The van der Waals surface area contributed by atoms with Crippen molar-refractivity contribution in [2.45, 2.75) is 19.7 Å². The number of rotatable bonds is 4. The summed E-state index contributed by atoms with van der Waals surface area (Å²) >= 11 is 0. The summed E-state index contributed by atoms with van der Waals surface area (Å²) in [7, 11) is 0. The van der Waals surface area contributed by atoms with Crippen LogP contribution < -0.4 is 4.74 Å². The van der Waals surface area contributed by atoms with Crippen molar-refractivity contribution in [2.75, 3.05) is 6.61 Å². The van der Waals surface area contributed by atoms with Crippen LogP contribution in [0.4, 0.5) is 26.3 Å². The first-order chi connectivity index (χ1) is 9.15. The van der Waals surface area contributed by atoms with Gasteiger partial charge in [0.05, 0.1) is 17.7 Å². The number of ether oxygens (including phenoxy) is 2. The second-order valence-corrected chi connectivity index (χ2v) is 3.28. The Bertz CT molecular complexity index is 503. The van der Waals surface area contributed by atoms with E-state index in [0.29, 0.717) is 0 Å². The van der Waals surface area contributed by atoms with E-state index >= 15 is 0 Å². The van der Waals surface area contributed by atoms with E-state index in [1.165, 1.54) is 6.92 Å². The smallest absolute Gasteiger partial charge is 0.462 e. The van der Waals surface area contributed by atoms with E-state index in [1.54, 1.807) is 0 Å². The molecule has 20 heavy (non-hydrogen) atoms. The van der Waals surface area contributed by atoms with Crippen LogP contribution >= 0.6 is 0 Å². The number of hydrogen-bond acceptors (Lipinski definition) is 4. The minimum Gasteiger partial charge on any atom is -0.462 e. The molecule has 112 valence electrons. The molecule has 0 aliphatic heterocycles. The second kappa shape index (κ2) is 5.97. The largest absolute Gasteiger partial charge is 0.574 e. The number of carbonyl (C=O) groups is 1. The highest BCUT2D eigenvalue weighted by Crippen LogP contribution is 2.34. The van der Waals surface area contributed by atoms with Crippen molar-refractivity contribution in [1.29, 1.82) is 0 Å². The number of alkyl halides is 5. The summed E-state index contributed by atoms with van der Waals surface area (Å²) in [6, 6.07) is 0.253. The Morgan fingerprint density at radius 1 is 1.40 bits per heavy atom. The van der Waals surface area contributed by atoms with E-state index in [4.69, 9.17) is 0 Å². The Kier molecular flexibility index (Phi) is 4.79. The lowest BCUT2D eigenvalue weighted by molar-refractivity contribution is -0.276. The Morgan fingerprint density at radius 3 is 2.45 bits per heavy atom. The molecule has 0 bridgehead atoms. The molecule has 1 aromatic heterocycles. The number of nitrogens with zero attached hydrogens (tertiary/aromatic N) is 1. The van der Waals surface area contributed by atoms with E-state index < -0.39 is 41.7 Å². The van der Waals surface area contributed by atoms with Crippen molar-refractivity contribution in [3.8, 4) is 5.88 Å². The quantitative estimate of drug-likeness (QED) is 0.487. The Labute approximate surface area is 108 Å². The van der Waals surface area contributed by atoms with Crippen molar-refractivity contribution < 1.29 is 40.6 Å². The van der Waals surface area contributed by atoms with E-state index in [9.17, 15) is 31.1 Å². The van der Waals surface area contributed by atoms with Crippen LogP contribution in [0.1, 0.15) is 29.3 Å². The van der Waals surface area contributed by atoms with Gasteiger partial charge in [-0.05, 0) is 6.92 Å². The molecule has 0 fully saturated rings. The molecule has 0 saturated carbocycles. The first-order valence-corrected chi connectivity index (χ1v) is 5.07. The zero-order valence-corrected chi connectivity index (χ0v) is 9.80. The third-order valence-corrected chi connectivity index (χ3v) is 1.92. The lowest BCUT2D eigenvalue weighted by Gasteiger charge is -2.14. The van der Waals surface area contributed by atoms with Gasteiger partial charge in [-0.3, -0.25) is 0 Å². The lowest BCUT2D eigenvalue weighted by atomic mass is 10.1. The van der Waals surface area contributed by atoms with Crippen molar-refractivity contribution in [2.24, 2.45) is 0 Å². The molecule has 0 spiro atoms. The molecular weight excluding hydrogens is 296 g/mol. The molecule has 0 unspecified atom stereocenters. The van der Waals surface area contributed by atoms with Crippen LogP contribution in [0.25, 0.3) is 0 Å². The molecule has 4 nitrogen and oxygen atoms in total. The van der Waals surface area contributed by atoms with Crippen LogP contribution in [0.5, 0.6) is 5.88 Å². The summed E-state index contributed by atoms with van der Waals surface area (Å²) in [5, 5.41) is 0. The van der Waals surface area contributed by atoms with Gasteiger partial charge in [0, 0.05) is 6.07 Å². The molecule has 0 atom stereocenters. The average molecular weight is 303 g/mol. The third kappa shape index (κ3) is 4.00. The van der Waals surface area contributed by atoms with Crippen LogP contribution in [0.15, 0.2) is 6.07 Å². The number of esters is 1. The zero-order chi connectivity index (χ0) is 15.5. The molecule has 0 N–H and O–H groups in total. The first kappa shape index (κ1) is 16.1. The summed E-state index contributed by atoms with van der Waals surface area (Å²) in [6.45, 7) is 1.10. The van der Waals surface area contributed by atoms with Crippen molar-refractivity contribution in [3.05, 3.63) is 23.1 Å². The van der Waals surface area contributed by atoms with Crippen molar-refractivity contribution in [3.63, 3.8) is 0 Å².